The van der Waals surface area contributed by atoms with Gasteiger partial charge in [-0.3, -0.25) is 9.69 Å². The van der Waals surface area contributed by atoms with Gasteiger partial charge in [-0.15, -0.1) is 0 Å². The van der Waals surface area contributed by atoms with Crippen LogP contribution in [0.25, 0.3) is 16.7 Å². The third kappa shape index (κ3) is 4.94. The Morgan fingerprint density at radius 3 is 2.80 bits per heavy atom. The van der Waals surface area contributed by atoms with Crippen molar-refractivity contribution in [1.29, 1.82) is 0 Å². The minimum absolute atomic E-state index is 0.0121. The summed E-state index contributed by atoms with van der Waals surface area (Å²) in [4.78, 5) is 34.9. The summed E-state index contributed by atoms with van der Waals surface area (Å²) < 4.78 is 7.78. The zero-order chi connectivity index (χ0) is 27.8. The van der Waals surface area contributed by atoms with E-state index in [1.807, 2.05) is 80.7 Å². The van der Waals surface area contributed by atoms with Crippen molar-refractivity contribution >= 4 is 39.9 Å². The Labute approximate surface area is 231 Å². The van der Waals surface area contributed by atoms with Crippen LogP contribution in [0.4, 0.5) is 17.3 Å². The van der Waals surface area contributed by atoms with Crippen molar-refractivity contribution in [3.8, 4) is 11.5 Å². The lowest BCUT2D eigenvalue weighted by Crippen LogP contribution is -2.26. The quantitative estimate of drug-likeness (QED) is 0.303. The number of nitrogens with zero attached hydrogens (tertiary/aromatic N) is 8. The van der Waals surface area contributed by atoms with Crippen LogP contribution in [-0.4, -0.2) is 67.5 Å². The van der Waals surface area contributed by atoms with E-state index < -0.39 is 0 Å². The highest BCUT2D eigenvalue weighted by Crippen LogP contribution is 2.32. The Hall–Kier alpha value is -4.90. The highest BCUT2D eigenvalue weighted by molar-refractivity contribution is 6.08. The molecule has 5 heterocycles. The van der Waals surface area contributed by atoms with Gasteiger partial charge in [0, 0.05) is 42.5 Å². The molecule has 0 spiro atoms. The number of hydrogen-bond donors (Lipinski definition) is 1. The molecule has 0 aliphatic carbocycles. The minimum atomic E-state index is -0.0121. The number of hydrogen-bond acceptors (Lipinski definition) is 9. The number of benzene rings is 1. The first kappa shape index (κ1) is 25.4. The fraction of sp³-hybridized carbons (Fsp3) is 0.241. The van der Waals surface area contributed by atoms with E-state index in [0.29, 0.717) is 47.2 Å². The van der Waals surface area contributed by atoms with E-state index in [-0.39, 0.29) is 11.8 Å². The molecular weight excluding hydrogens is 506 g/mol. The fourth-order valence-electron chi connectivity index (χ4n) is 4.73. The SMILES string of the molecule is Cc1cc(Nc2ncnc3ccc(N4CC(C)C(=CCN(C)C)C4=O)nc23)ccc1Oc1ccn2ncnc2c1. The molecule has 0 saturated carbocycles. The summed E-state index contributed by atoms with van der Waals surface area (Å²) in [5, 5.41) is 7.48. The molecule has 1 aromatic carbocycles. The van der Waals surface area contributed by atoms with Crippen molar-refractivity contribution in [2.75, 3.05) is 37.4 Å². The van der Waals surface area contributed by atoms with Crippen LogP contribution in [0.3, 0.4) is 0 Å². The first-order valence-electron chi connectivity index (χ1n) is 13.0. The van der Waals surface area contributed by atoms with Crippen LogP contribution < -0.4 is 15.0 Å². The van der Waals surface area contributed by atoms with E-state index in [2.05, 4.69) is 32.3 Å². The molecule has 0 bridgehead atoms. The number of carbonyl (C=O) groups excluding carboxylic acids is 1. The highest BCUT2D eigenvalue weighted by Gasteiger charge is 2.34. The smallest absolute Gasteiger partial charge is 0.255 e. The van der Waals surface area contributed by atoms with Gasteiger partial charge in [-0.2, -0.15) is 5.10 Å². The summed E-state index contributed by atoms with van der Waals surface area (Å²) in [5.74, 6) is 2.65. The Kier molecular flexibility index (Phi) is 6.56. The number of pyridine rings is 2. The summed E-state index contributed by atoms with van der Waals surface area (Å²) in [5.41, 5.74) is 4.56. The number of carbonyl (C=O) groups is 1. The molecule has 1 aliphatic heterocycles. The van der Waals surface area contributed by atoms with Gasteiger partial charge >= 0.3 is 0 Å². The number of amides is 1. The van der Waals surface area contributed by atoms with E-state index >= 15 is 0 Å². The molecule has 0 radical (unpaired) electrons. The van der Waals surface area contributed by atoms with Crippen LogP contribution in [0.15, 0.2) is 73.0 Å². The molecule has 1 fully saturated rings. The van der Waals surface area contributed by atoms with Crippen molar-refractivity contribution < 1.29 is 9.53 Å². The molecule has 40 heavy (non-hydrogen) atoms. The van der Waals surface area contributed by atoms with Crippen LogP contribution in [-0.2, 0) is 4.79 Å². The molecule has 1 unspecified atom stereocenters. The lowest BCUT2D eigenvalue weighted by Gasteiger charge is -2.16. The second kappa shape index (κ2) is 10.3. The predicted octanol–water partition coefficient (Wildman–Crippen LogP) is 4.38. The summed E-state index contributed by atoms with van der Waals surface area (Å²) in [6.45, 7) is 5.34. The molecule has 1 N–H and O–H groups in total. The number of aryl methyl sites for hydroxylation is 1. The molecular formula is C29H29N9O2. The normalized spacial score (nSPS) is 16.5. The Morgan fingerprint density at radius 2 is 1.98 bits per heavy atom. The summed E-state index contributed by atoms with van der Waals surface area (Å²) in [7, 11) is 3.97. The van der Waals surface area contributed by atoms with Crippen molar-refractivity contribution in [2.24, 2.45) is 5.92 Å². The van der Waals surface area contributed by atoms with Gasteiger partial charge in [0.05, 0.1) is 5.52 Å². The molecule has 1 atom stereocenters. The van der Waals surface area contributed by atoms with E-state index in [1.165, 1.54) is 12.7 Å². The molecule has 4 aromatic heterocycles. The van der Waals surface area contributed by atoms with E-state index in [9.17, 15) is 4.79 Å². The molecule has 11 heteroatoms. The Bertz CT molecular complexity index is 1760. The third-order valence-electron chi connectivity index (χ3n) is 6.82. The third-order valence-corrected chi connectivity index (χ3v) is 6.82. The molecule has 202 valence electrons. The summed E-state index contributed by atoms with van der Waals surface area (Å²) >= 11 is 0. The number of anilines is 3. The summed E-state index contributed by atoms with van der Waals surface area (Å²) in [6.07, 6.45) is 6.82. The van der Waals surface area contributed by atoms with Crippen LogP contribution in [0.5, 0.6) is 11.5 Å². The first-order chi connectivity index (χ1) is 19.4. The Morgan fingerprint density at radius 1 is 1.10 bits per heavy atom. The van der Waals surface area contributed by atoms with Gasteiger partial charge in [-0.05, 0) is 63.0 Å². The zero-order valence-corrected chi connectivity index (χ0v) is 22.7. The van der Waals surface area contributed by atoms with Crippen molar-refractivity contribution in [1.82, 2.24) is 34.4 Å². The van der Waals surface area contributed by atoms with Gasteiger partial charge in [0.1, 0.15) is 35.5 Å². The van der Waals surface area contributed by atoms with Crippen LogP contribution in [0, 0.1) is 12.8 Å². The number of fused-ring (bicyclic) bond motifs is 2. The van der Waals surface area contributed by atoms with Crippen LogP contribution in [0.2, 0.25) is 0 Å². The lowest BCUT2D eigenvalue weighted by molar-refractivity contribution is -0.114. The van der Waals surface area contributed by atoms with Crippen molar-refractivity contribution in [3.05, 3.63) is 78.5 Å². The maximum Gasteiger partial charge on any atom is 0.255 e. The second-order valence-corrected chi connectivity index (χ2v) is 10.1. The molecule has 1 aliphatic rings. The zero-order valence-electron chi connectivity index (χ0n) is 22.7. The van der Waals surface area contributed by atoms with Gasteiger partial charge in [-0.25, -0.2) is 24.5 Å². The second-order valence-electron chi connectivity index (χ2n) is 10.1. The van der Waals surface area contributed by atoms with E-state index in [1.54, 1.807) is 9.42 Å². The van der Waals surface area contributed by atoms with Gasteiger partial charge in [0.2, 0.25) is 0 Å². The van der Waals surface area contributed by atoms with Gasteiger partial charge < -0.3 is 15.0 Å². The topological polar surface area (TPSA) is 114 Å². The predicted molar refractivity (Wildman–Crippen MR) is 153 cm³/mol. The lowest BCUT2D eigenvalue weighted by atomic mass is 10.0. The largest absolute Gasteiger partial charge is 0.457 e. The highest BCUT2D eigenvalue weighted by atomic mass is 16.5. The van der Waals surface area contributed by atoms with E-state index in [4.69, 9.17) is 9.72 Å². The maximum absolute atomic E-state index is 13.2. The van der Waals surface area contributed by atoms with Crippen molar-refractivity contribution in [2.45, 2.75) is 13.8 Å². The average Bonchev–Trinajstić information content (AvgIpc) is 3.52. The number of ether oxygens (including phenoxy) is 1. The number of aromatic nitrogens is 6. The summed E-state index contributed by atoms with van der Waals surface area (Å²) in [6, 6.07) is 13.2. The Balaban J connectivity index is 1.24. The number of likely N-dealkylation sites (N-methyl/N-ethyl adjacent to an activating group) is 1. The van der Waals surface area contributed by atoms with Crippen LogP contribution in [0.1, 0.15) is 12.5 Å². The molecule has 1 amide bonds. The van der Waals surface area contributed by atoms with Gasteiger partial charge in [0.25, 0.3) is 5.91 Å². The molecule has 5 aromatic rings. The minimum Gasteiger partial charge on any atom is -0.457 e. The first-order valence-corrected chi connectivity index (χ1v) is 13.0. The molecule has 1 saturated heterocycles. The number of rotatable bonds is 7. The standard InChI is InChI=1S/C29H29N9O2/c1-18-13-20(5-7-24(18)40-21-9-12-38-26(14-21)31-17-33-38)34-28-27-23(30-16-32-28)6-8-25(35-27)37-15-19(2)22(29(37)39)10-11-36(3)4/h5-10,12-14,16-17,19H,11,15H2,1-4H3,(H,30,32,34). The van der Waals surface area contributed by atoms with E-state index in [0.717, 1.165) is 22.6 Å². The van der Waals surface area contributed by atoms with Gasteiger partial charge in [-0.1, -0.05) is 13.0 Å². The molecule has 6 rings (SSSR count). The molecule has 11 nitrogen and oxygen atoms in total. The van der Waals surface area contributed by atoms with Crippen molar-refractivity contribution in [3.63, 3.8) is 0 Å². The maximum atomic E-state index is 13.2. The monoisotopic (exact) mass is 535 g/mol. The van der Waals surface area contributed by atoms with Crippen LogP contribution >= 0.6 is 0 Å². The van der Waals surface area contributed by atoms with Gasteiger partial charge in [0.15, 0.2) is 11.5 Å². The number of nitrogens with one attached hydrogen (secondary N) is 1. The fourth-order valence-corrected chi connectivity index (χ4v) is 4.73. The average molecular weight is 536 g/mol.